The zero-order valence-electron chi connectivity index (χ0n) is 8.99. The van der Waals surface area contributed by atoms with Crippen molar-refractivity contribution in [3.8, 4) is 0 Å². The van der Waals surface area contributed by atoms with E-state index in [1.807, 2.05) is 0 Å². The van der Waals surface area contributed by atoms with Crippen LogP contribution in [0.4, 0.5) is 0 Å². The van der Waals surface area contributed by atoms with E-state index in [2.05, 4.69) is 13.8 Å². The molecule has 0 spiro atoms. The van der Waals surface area contributed by atoms with Crippen molar-refractivity contribution in [3.63, 3.8) is 0 Å². The van der Waals surface area contributed by atoms with E-state index in [-0.39, 0.29) is 11.7 Å². The van der Waals surface area contributed by atoms with E-state index in [0.29, 0.717) is 12.5 Å². The van der Waals surface area contributed by atoms with Gasteiger partial charge in [0, 0.05) is 24.4 Å². The minimum atomic E-state index is -3.38. The zero-order valence-corrected chi connectivity index (χ0v) is 10.6. The average molecular weight is 243 g/mol. The lowest BCUT2D eigenvalue weighted by molar-refractivity contribution is 0.176. The molecule has 0 saturated heterocycles. The van der Waals surface area contributed by atoms with Crippen LogP contribution in [0.1, 0.15) is 26.7 Å². The Morgan fingerprint density at radius 1 is 1.36 bits per heavy atom. The van der Waals surface area contributed by atoms with Crippen molar-refractivity contribution in [3.05, 3.63) is 0 Å². The summed E-state index contributed by atoms with van der Waals surface area (Å²) in [6, 6.07) is 0. The molecule has 0 heterocycles. The van der Waals surface area contributed by atoms with Gasteiger partial charge in [0.1, 0.15) is 0 Å². The Bertz CT molecular complexity index is 236. The van der Waals surface area contributed by atoms with E-state index in [1.54, 1.807) is 7.11 Å². The van der Waals surface area contributed by atoms with E-state index in [1.165, 1.54) is 0 Å². The Morgan fingerprint density at radius 3 is 2.29 bits per heavy atom. The van der Waals surface area contributed by atoms with Crippen LogP contribution in [0.3, 0.4) is 0 Å². The quantitative estimate of drug-likeness (QED) is 0.644. The van der Waals surface area contributed by atoms with E-state index in [4.69, 9.17) is 15.4 Å². The third-order valence-electron chi connectivity index (χ3n) is 1.97. The van der Waals surface area contributed by atoms with Gasteiger partial charge in [-0.15, -0.1) is 0 Å². The van der Waals surface area contributed by atoms with Crippen molar-refractivity contribution in [2.24, 2.45) is 11.8 Å². The van der Waals surface area contributed by atoms with Crippen LogP contribution in [-0.2, 0) is 13.8 Å². The lowest BCUT2D eigenvalue weighted by Gasteiger charge is -2.16. The third kappa shape index (κ3) is 8.78. The van der Waals surface area contributed by atoms with Crippen molar-refractivity contribution in [2.45, 2.75) is 26.7 Å². The van der Waals surface area contributed by atoms with Crippen LogP contribution in [0.5, 0.6) is 0 Å². The normalized spacial score (nSPS) is 14.6. The Kier molecular flexibility index (Phi) is 6.74. The van der Waals surface area contributed by atoms with Gasteiger partial charge >= 0.3 is 0 Å². The largest absolute Gasteiger partial charge is 0.385 e. The summed E-state index contributed by atoms with van der Waals surface area (Å²) < 4.78 is 26.8. The molecular weight excluding hydrogens is 224 g/mol. The Labute approximate surface area is 91.2 Å². The van der Waals surface area contributed by atoms with Gasteiger partial charge in [-0.05, 0) is 24.7 Å². The van der Waals surface area contributed by atoms with Crippen molar-refractivity contribution < 1.29 is 13.2 Å². The van der Waals surface area contributed by atoms with Crippen molar-refractivity contribution in [1.82, 2.24) is 0 Å². The SMILES string of the molecule is COCC[C@H](CC(C)C)CS(=O)(=O)Cl. The molecule has 0 unspecified atom stereocenters. The summed E-state index contributed by atoms with van der Waals surface area (Å²) in [6.45, 7) is 4.73. The molecule has 0 bridgehead atoms. The summed E-state index contributed by atoms with van der Waals surface area (Å²) >= 11 is 0. The van der Waals surface area contributed by atoms with Crippen LogP contribution < -0.4 is 0 Å². The molecule has 0 saturated carbocycles. The first-order valence-corrected chi connectivity index (χ1v) is 7.24. The maximum atomic E-state index is 10.9. The first-order chi connectivity index (χ1) is 6.35. The fourth-order valence-electron chi connectivity index (χ4n) is 1.50. The number of hydrogen-bond acceptors (Lipinski definition) is 3. The molecule has 0 aromatic heterocycles. The highest BCUT2D eigenvalue weighted by molar-refractivity contribution is 8.13. The molecule has 3 nitrogen and oxygen atoms in total. The van der Waals surface area contributed by atoms with Gasteiger partial charge in [-0.3, -0.25) is 0 Å². The van der Waals surface area contributed by atoms with Gasteiger partial charge in [-0.2, -0.15) is 0 Å². The highest BCUT2D eigenvalue weighted by Crippen LogP contribution is 2.19. The topological polar surface area (TPSA) is 43.4 Å². The highest BCUT2D eigenvalue weighted by Gasteiger charge is 2.17. The summed E-state index contributed by atoms with van der Waals surface area (Å²) in [5.74, 6) is 0.642. The molecule has 0 aromatic carbocycles. The van der Waals surface area contributed by atoms with Crippen molar-refractivity contribution in [2.75, 3.05) is 19.5 Å². The molecule has 0 N–H and O–H groups in total. The minimum absolute atomic E-state index is 0.0517. The van der Waals surface area contributed by atoms with Gasteiger partial charge in [0.15, 0.2) is 0 Å². The average Bonchev–Trinajstić information content (AvgIpc) is 1.96. The van der Waals surface area contributed by atoms with Crippen molar-refractivity contribution >= 4 is 19.7 Å². The second-order valence-electron chi connectivity index (χ2n) is 3.98. The Hall–Kier alpha value is 0.200. The predicted molar refractivity (Wildman–Crippen MR) is 59.1 cm³/mol. The standard InChI is InChI=1S/C9H19ClO3S/c1-8(2)6-9(4-5-13-3)7-14(10,11)12/h8-9H,4-7H2,1-3H3/t9-/m1/s1. The van der Waals surface area contributed by atoms with Crippen LogP contribution in [0.25, 0.3) is 0 Å². The molecule has 0 aromatic rings. The summed E-state index contributed by atoms with van der Waals surface area (Å²) in [5.41, 5.74) is 0. The van der Waals surface area contributed by atoms with Crippen LogP contribution in [0, 0.1) is 11.8 Å². The zero-order chi connectivity index (χ0) is 11.2. The van der Waals surface area contributed by atoms with Crippen LogP contribution >= 0.6 is 10.7 Å². The monoisotopic (exact) mass is 242 g/mol. The fraction of sp³-hybridized carbons (Fsp3) is 1.00. The van der Waals surface area contributed by atoms with Gasteiger partial charge in [0.05, 0.1) is 5.75 Å². The molecular formula is C9H19ClO3S. The van der Waals surface area contributed by atoms with Gasteiger partial charge in [0.2, 0.25) is 9.05 Å². The number of rotatable bonds is 7. The molecule has 0 fully saturated rings. The molecule has 0 rings (SSSR count). The molecule has 5 heteroatoms. The highest BCUT2D eigenvalue weighted by atomic mass is 35.7. The van der Waals surface area contributed by atoms with E-state index >= 15 is 0 Å². The summed E-state index contributed by atoms with van der Waals surface area (Å²) in [7, 11) is 3.45. The Balaban J connectivity index is 4.10. The van der Waals surface area contributed by atoms with Gasteiger partial charge in [0.25, 0.3) is 0 Å². The van der Waals surface area contributed by atoms with Crippen LogP contribution in [0.15, 0.2) is 0 Å². The third-order valence-corrected chi connectivity index (χ3v) is 3.22. The minimum Gasteiger partial charge on any atom is -0.385 e. The van der Waals surface area contributed by atoms with Gasteiger partial charge in [-0.1, -0.05) is 13.8 Å². The van der Waals surface area contributed by atoms with E-state index in [0.717, 1.165) is 12.8 Å². The molecule has 1 atom stereocenters. The first-order valence-electron chi connectivity index (χ1n) is 4.76. The lowest BCUT2D eigenvalue weighted by atomic mass is 9.96. The van der Waals surface area contributed by atoms with Gasteiger partial charge < -0.3 is 4.74 Å². The van der Waals surface area contributed by atoms with Crippen LogP contribution in [-0.4, -0.2) is 27.9 Å². The van der Waals surface area contributed by atoms with E-state index in [9.17, 15) is 8.42 Å². The predicted octanol–water partition coefficient (Wildman–Crippen LogP) is 2.25. The molecule has 0 aliphatic heterocycles. The molecule has 86 valence electrons. The van der Waals surface area contributed by atoms with E-state index < -0.39 is 9.05 Å². The maximum absolute atomic E-state index is 10.9. The maximum Gasteiger partial charge on any atom is 0.232 e. The molecule has 0 amide bonds. The summed E-state index contributed by atoms with van der Waals surface area (Å²) in [4.78, 5) is 0. The number of methoxy groups -OCH3 is 1. The number of halogens is 1. The first kappa shape index (κ1) is 14.2. The second-order valence-corrected chi connectivity index (χ2v) is 6.80. The molecule has 14 heavy (non-hydrogen) atoms. The van der Waals surface area contributed by atoms with Gasteiger partial charge in [-0.25, -0.2) is 8.42 Å². The fourth-order valence-corrected chi connectivity index (χ4v) is 2.90. The summed E-state index contributed by atoms with van der Waals surface area (Å²) in [6.07, 6.45) is 1.62. The van der Waals surface area contributed by atoms with Crippen LogP contribution in [0.2, 0.25) is 0 Å². The molecule has 0 aliphatic carbocycles. The van der Waals surface area contributed by atoms with Crippen molar-refractivity contribution in [1.29, 1.82) is 0 Å². The number of hydrogen-bond donors (Lipinski definition) is 0. The molecule has 0 radical (unpaired) electrons. The second kappa shape index (κ2) is 6.64. The molecule has 0 aliphatic rings. The smallest absolute Gasteiger partial charge is 0.232 e. The number of ether oxygens (including phenoxy) is 1. The summed E-state index contributed by atoms with van der Waals surface area (Å²) in [5, 5.41) is 0. The lowest BCUT2D eigenvalue weighted by Crippen LogP contribution is -2.16. The Morgan fingerprint density at radius 2 is 1.93 bits per heavy atom.